The topological polar surface area (TPSA) is 109 Å². The van der Waals surface area contributed by atoms with Crippen LogP contribution in [0.1, 0.15) is 59.6 Å². The molecular formula is C25H28ClN5O3. The molecular weight excluding hydrogens is 454 g/mol. The number of pyridine rings is 1. The van der Waals surface area contributed by atoms with Crippen LogP contribution in [0.25, 0.3) is 5.82 Å². The Morgan fingerprint density at radius 1 is 1.15 bits per heavy atom. The van der Waals surface area contributed by atoms with E-state index in [4.69, 9.17) is 21.7 Å². The molecule has 4 rings (SSSR count). The van der Waals surface area contributed by atoms with Crippen LogP contribution in [0.15, 0.2) is 54.9 Å². The second-order valence-electron chi connectivity index (χ2n) is 8.50. The van der Waals surface area contributed by atoms with Gasteiger partial charge in [-0.2, -0.15) is 5.10 Å². The molecule has 1 fully saturated rings. The molecule has 0 bridgehead atoms. The van der Waals surface area contributed by atoms with Crippen molar-refractivity contribution < 1.29 is 14.7 Å². The zero-order valence-corrected chi connectivity index (χ0v) is 19.5. The van der Waals surface area contributed by atoms with E-state index in [1.165, 1.54) is 12.8 Å². The largest absolute Gasteiger partial charge is 0.481 e. The molecule has 1 amide bonds. The molecule has 1 aliphatic rings. The van der Waals surface area contributed by atoms with Gasteiger partial charge in [-0.25, -0.2) is 9.67 Å². The molecule has 2 aromatic heterocycles. The average Bonchev–Trinajstić information content (AvgIpc) is 3.55. The van der Waals surface area contributed by atoms with Crippen LogP contribution >= 0.6 is 11.6 Å². The third-order valence-corrected chi connectivity index (χ3v) is 6.40. The van der Waals surface area contributed by atoms with Gasteiger partial charge in [-0.15, -0.1) is 11.6 Å². The highest BCUT2D eigenvalue weighted by Crippen LogP contribution is 2.37. The minimum atomic E-state index is -0.939. The molecule has 0 radical (unpaired) electrons. The number of benzene rings is 1. The highest BCUT2D eigenvalue weighted by molar-refractivity contribution is 6.17. The molecule has 2 heterocycles. The first-order chi connectivity index (χ1) is 16.5. The number of nitrogens with zero attached hydrogens (tertiary/aromatic N) is 3. The van der Waals surface area contributed by atoms with E-state index >= 15 is 0 Å². The van der Waals surface area contributed by atoms with Crippen LogP contribution in [0.5, 0.6) is 0 Å². The fourth-order valence-electron chi connectivity index (χ4n) is 4.34. The van der Waals surface area contributed by atoms with Gasteiger partial charge in [0, 0.05) is 23.9 Å². The minimum Gasteiger partial charge on any atom is -0.481 e. The van der Waals surface area contributed by atoms with Crippen LogP contribution in [0, 0.1) is 5.92 Å². The number of carbonyl (C=O) groups is 2. The first-order valence-corrected chi connectivity index (χ1v) is 12.0. The normalized spacial score (nSPS) is 14.6. The number of carboxylic acids is 1. The van der Waals surface area contributed by atoms with Gasteiger partial charge < -0.3 is 15.7 Å². The molecule has 178 valence electrons. The van der Waals surface area contributed by atoms with E-state index in [9.17, 15) is 9.59 Å². The summed E-state index contributed by atoms with van der Waals surface area (Å²) in [6.45, 7) is 0.104. The van der Waals surface area contributed by atoms with Crippen molar-refractivity contribution in [2.45, 2.75) is 44.0 Å². The van der Waals surface area contributed by atoms with E-state index in [2.05, 4.69) is 15.7 Å². The number of nitrogens with one attached hydrogen (secondary N) is 2. The number of rotatable bonds is 10. The van der Waals surface area contributed by atoms with E-state index in [-0.39, 0.29) is 24.9 Å². The summed E-state index contributed by atoms with van der Waals surface area (Å²) in [5, 5.41) is 19.3. The molecule has 3 N–H and O–H groups in total. The molecule has 1 atom stereocenters. The van der Waals surface area contributed by atoms with E-state index in [1.54, 1.807) is 23.0 Å². The van der Waals surface area contributed by atoms with Crippen molar-refractivity contribution in [2.24, 2.45) is 5.92 Å². The van der Waals surface area contributed by atoms with Crippen LogP contribution in [0.2, 0.25) is 0 Å². The molecule has 1 saturated carbocycles. The zero-order chi connectivity index (χ0) is 23.9. The van der Waals surface area contributed by atoms with Gasteiger partial charge in [0.15, 0.2) is 5.82 Å². The van der Waals surface area contributed by atoms with Crippen molar-refractivity contribution >= 4 is 29.3 Å². The lowest BCUT2D eigenvalue weighted by Gasteiger charge is -2.26. The summed E-state index contributed by atoms with van der Waals surface area (Å²) < 4.78 is 1.71. The predicted molar refractivity (Wildman–Crippen MR) is 130 cm³/mol. The van der Waals surface area contributed by atoms with Crippen LogP contribution < -0.4 is 10.6 Å². The molecule has 0 saturated heterocycles. The van der Waals surface area contributed by atoms with Gasteiger partial charge in [-0.05, 0) is 48.6 Å². The fraction of sp³-hybridized carbons (Fsp3) is 0.360. The highest BCUT2D eigenvalue weighted by Gasteiger charge is 2.27. The van der Waals surface area contributed by atoms with Crippen molar-refractivity contribution in [1.29, 1.82) is 0 Å². The van der Waals surface area contributed by atoms with Gasteiger partial charge in [0.2, 0.25) is 0 Å². The molecule has 9 heteroatoms. The maximum atomic E-state index is 12.3. The second kappa shape index (κ2) is 11.2. The Morgan fingerprint density at radius 3 is 2.59 bits per heavy atom. The standard InChI is InChI=1S/C25H28ClN5O3/c26-14-17-15-28-31(16-17)22-7-3-6-21(29-22)30-24(18-4-1-2-5-18)19-8-10-20(11-9-19)25(34)27-13-12-23(32)33/h3,6-11,15-16,18,24H,1-2,4-5,12-14H2,(H,27,34)(H,29,30)(H,32,33). The average molecular weight is 482 g/mol. The molecule has 1 aromatic carbocycles. The number of hydrogen-bond donors (Lipinski definition) is 3. The Hall–Kier alpha value is -3.39. The lowest BCUT2D eigenvalue weighted by molar-refractivity contribution is -0.136. The summed E-state index contributed by atoms with van der Waals surface area (Å²) in [6.07, 6.45) is 8.17. The van der Waals surface area contributed by atoms with Crippen LogP contribution in [0.4, 0.5) is 5.82 Å². The molecule has 0 spiro atoms. The summed E-state index contributed by atoms with van der Waals surface area (Å²) >= 11 is 5.90. The summed E-state index contributed by atoms with van der Waals surface area (Å²) in [4.78, 5) is 27.7. The number of aliphatic carboxylic acids is 1. The predicted octanol–water partition coefficient (Wildman–Crippen LogP) is 4.55. The summed E-state index contributed by atoms with van der Waals surface area (Å²) in [5.41, 5.74) is 2.52. The number of halogens is 1. The molecule has 34 heavy (non-hydrogen) atoms. The number of anilines is 1. The molecule has 8 nitrogen and oxygen atoms in total. The van der Waals surface area contributed by atoms with Crippen molar-refractivity contribution in [3.63, 3.8) is 0 Å². The molecule has 1 unspecified atom stereocenters. The van der Waals surface area contributed by atoms with Crippen molar-refractivity contribution in [2.75, 3.05) is 11.9 Å². The van der Waals surface area contributed by atoms with Crippen LogP contribution in [-0.2, 0) is 10.7 Å². The smallest absolute Gasteiger partial charge is 0.305 e. The Balaban J connectivity index is 1.51. The molecule has 0 aliphatic heterocycles. The minimum absolute atomic E-state index is 0.0606. The first-order valence-electron chi connectivity index (χ1n) is 11.5. The van der Waals surface area contributed by atoms with Gasteiger partial charge >= 0.3 is 5.97 Å². The Morgan fingerprint density at radius 2 is 1.91 bits per heavy atom. The van der Waals surface area contributed by atoms with Gasteiger partial charge in [0.1, 0.15) is 5.82 Å². The third-order valence-electron chi connectivity index (χ3n) is 6.09. The number of carbonyl (C=O) groups excluding carboxylic acids is 1. The van der Waals surface area contributed by atoms with Crippen molar-refractivity contribution in [3.8, 4) is 5.82 Å². The highest BCUT2D eigenvalue weighted by atomic mass is 35.5. The van der Waals surface area contributed by atoms with E-state index in [1.807, 2.05) is 36.5 Å². The van der Waals surface area contributed by atoms with Crippen LogP contribution in [0.3, 0.4) is 0 Å². The monoisotopic (exact) mass is 481 g/mol. The number of aromatic nitrogens is 3. The number of alkyl halides is 1. The van der Waals surface area contributed by atoms with Crippen LogP contribution in [-0.4, -0.2) is 38.3 Å². The Labute approximate surface area is 203 Å². The fourth-order valence-corrected chi connectivity index (χ4v) is 4.47. The maximum absolute atomic E-state index is 12.3. The molecule has 1 aliphatic carbocycles. The Bertz CT molecular complexity index is 1130. The number of amides is 1. The SMILES string of the molecule is O=C(O)CCNC(=O)c1ccc(C(Nc2cccc(-n3cc(CCl)cn3)n2)C2CCCC2)cc1. The second-order valence-corrected chi connectivity index (χ2v) is 8.76. The molecule has 3 aromatic rings. The lowest BCUT2D eigenvalue weighted by atomic mass is 9.91. The quantitative estimate of drug-likeness (QED) is 0.366. The number of hydrogen-bond acceptors (Lipinski definition) is 5. The lowest BCUT2D eigenvalue weighted by Crippen LogP contribution is -2.26. The third kappa shape index (κ3) is 5.94. The van der Waals surface area contributed by atoms with Gasteiger partial charge in [-0.1, -0.05) is 31.0 Å². The van der Waals surface area contributed by atoms with E-state index in [0.29, 0.717) is 23.2 Å². The summed E-state index contributed by atoms with van der Waals surface area (Å²) in [7, 11) is 0. The van der Waals surface area contributed by atoms with Crippen molar-refractivity contribution in [3.05, 3.63) is 71.5 Å². The van der Waals surface area contributed by atoms with E-state index in [0.717, 1.165) is 29.8 Å². The summed E-state index contributed by atoms with van der Waals surface area (Å²) in [5.74, 6) is 1.12. The zero-order valence-electron chi connectivity index (χ0n) is 18.8. The number of carboxylic acid groups (broad SMARTS) is 1. The summed E-state index contributed by atoms with van der Waals surface area (Å²) in [6, 6.07) is 13.4. The first kappa shape index (κ1) is 23.8. The van der Waals surface area contributed by atoms with E-state index < -0.39 is 5.97 Å². The Kier molecular flexibility index (Phi) is 7.80. The van der Waals surface area contributed by atoms with Gasteiger partial charge in [-0.3, -0.25) is 9.59 Å². The van der Waals surface area contributed by atoms with Gasteiger partial charge in [0.05, 0.1) is 24.5 Å². The van der Waals surface area contributed by atoms with Crippen molar-refractivity contribution in [1.82, 2.24) is 20.1 Å². The van der Waals surface area contributed by atoms with Gasteiger partial charge in [0.25, 0.3) is 5.91 Å². The maximum Gasteiger partial charge on any atom is 0.305 e.